The highest BCUT2D eigenvalue weighted by atomic mass is 19.4. The first kappa shape index (κ1) is 18.0. The zero-order valence-corrected chi connectivity index (χ0v) is 14.8. The molecule has 2 aromatic rings. The van der Waals surface area contributed by atoms with Crippen LogP contribution < -0.4 is 0 Å². The van der Waals surface area contributed by atoms with Crippen LogP contribution in [-0.2, 0) is 10.9 Å². The third-order valence-corrected chi connectivity index (χ3v) is 5.58. The summed E-state index contributed by atoms with van der Waals surface area (Å²) in [5.74, 6) is -0.0436. The van der Waals surface area contributed by atoms with E-state index in [1.165, 1.54) is 12.1 Å². The molecule has 0 aliphatic carbocycles. The van der Waals surface area contributed by atoms with E-state index in [9.17, 15) is 18.0 Å². The van der Waals surface area contributed by atoms with Gasteiger partial charge in [0.15, 0.2) is 0 Å². The maximum Gasteiger partial charge on any atom is 0.416 e. The minimum Gasteiger partial charge on any atom is -0.375 e. The number of benzene rings is 2. The van der Waals surface area contributed by atoms with Gasteiger partial charge in [0.25, 0.3) is 5.91 Å². The molecule has 0 atom stereocenters. The minimum absolute atomic E-state index is 0.0150. The fourth-order valence-corrected chi connectivity index (χ4v) is 3.77. The number of amides is 1. The number of hydrogen-bond acceptors (Lipinski definition) is 2. The zero-order chi connectivity index (χ0) is 19.1. The van der Waals surface area contributed by atoms with Gasteiger partial charge in [0.05, 0.1) is 17.8 Å². The summed E-state index contributed by atoms with van der Waals surface area (Å²) in [6.45, 7) is 2.15. The molecule has 1 amide bonds. The first-order valence-electron chi connectivity index (χ1n) is 9.07. The molecule has 2 aromatic carbocycles. The standard InChI is InChI=1S/C21H20F3NO2/c22-21(23,24)18-6-4-15(5-7-18)16-2-1-3-17(14-16)19(26)25-11-8-20(9-12-25)10-13-27-20/h1-7,14H,8-13H2. The Kier molecular flexibility index (Phi) is 4.46. The molecule has 4 rings (SSSR count). The Hall–Kier alpha value is -2.34. The summed E-state index contributed by atoms with van der Waals surface area (Å²) in [5.41, 5.74) is 1.24. The van der Waals surface area contributed by atoms with E-state index in [4.69, 9.17) is 4.74 Å². The monoisotopic (exact) mass is 375 g/mol. The molecule has 0 bridgehead atoms. The number of rotatable bonds is 2. The van der Waals surface area contributed by atoms with Gasteiger partial charge in [0.1, 0.15) is 0 Å². The van der Waals surface area contributed by atoms with Crippen LogP contribution >= 0.6 is 0 Å². The maximum atomic E-state index is 12.8. The molecule has 0 unspecified atom stereocenters. The SMILES string of the molecule is O=C(c1cccc(-c2ccc(C(F)(F)F)cc2)c1)N1CCC2(CCO2)CC1. The van der Waals surface area contributed by atoms with E-state index in [2.05, 4.69) is 0 Å². The van der Waals surface area contributed by atoms with Crippen molar-refractivity contribution in [2.24, 2.45) is 0 Å². The van der Waals surface area contributed by atoms with Crippen LogP contribution in [0.3, 0.4) is 0 Å². The topological polar surface area (TPSA) is 29.5 Å². The first-order valence-corrected chi connectivity index (χ1v) is 9.07. The average Bonchev–Trinajstić information content (AvgIpc) is 2.66. The van der Waals surface area contributed by atoms with E-state index >= 15 is 0 Å². The van der Waals surface area contributed by atoms with Gasteiger partial charge in [-0.3, -0.25) is 4.79 Å². The summed E-state index contributed by atoms with van der Waals surface area (Å²) in [6.07, 6.45) is -1.57. The van der Waals surface area contributed by atoms with Crippen molar-refractivity contribution in [3.05, 3.63) is 59.7 Å². The largest absolute Gasteiger partial charge is 0.416 e. The summed E-state index contributed by atoms with van der Waals surface area (Å²) in [5, 5.41) is 0. The van der Waals surface area contributed by atoms with Gasteiger partial charge in [-0.05, 0) is 54.7 Å². The second kappa shape index (κ2) is 6.68. The molecule has 1 spiro atoms. The highest BCUT2D eigenvalue weighted by Crippen LogP contribution is 2.37. The number of carbonyl (C=O) groups excluding carboxylic acids is 1. The number of hydrogen-bond donors (Lipinski definition) is 0. The molecule has 0 saturated carbocycles. The number of halogens is 3. The van der Waals surface area contributed by atoms with Crippen LogP contribution in [0, 0.1) is 0 Å². The predicted molar refractivity (Wildman–Crippen MR) is 95.3 cm³/mol. The van der Waals surface area contributed by atoms with Crippen molar-refractivity contribution in [3.8, 4) is 11.1 Å². The molecule has 0 aromatic heterocycles. The molecule has 2 aliphatic heterocycles. The molecule has 2 fully saturated rings. The van der Waals surface area contributed by atoms with Gasteiger partial charge in [0, 0.05) is 18.7 Å². The van der Waals surface area contributed by atoms with E-state index in [1.807, 2.05) is 4.90 Å². The number of nitrogens with zero attached hydrogens (tertiary/aromatic N) is 1. The summed E-state index contributed by atoms with van der Waals surface area (Å²) in [4.78, 5) is 14.7. The molecule has 142 valence electrons. The van der Waals surface area contributed by atoms with Crippen LogP contribution in [0.5, 0.6) is 0 Å². The molecule has 2 saturated heterocycles. The van der Waals surface area contributed by atoms with Crippen LogP contribution in [0.4, 0.5) is 13.2 Å². The molecule has 0 radical (unpaired) electrons. The molecular weight excluding hydrogens is 355 g/mol. The smallest absolute Gasteiger partial charge is 0.375 e. The Labute approximate surface area is 155 Å². The Morgan fingerprint density at radius 1 is 0.963 bits per heavy atom. The lowest BCUT2D eigenvalue weighted by molar-refractivity contribution is -0.169. The van der Waals surface area contributed by atoms with Crippen LogP contribution in [-0.4, -0.2) is 36.1 Å². The van der Waals surface area contributed by atoms with Crippen LogP contribution in [0.15, 0.2) is 48.5 Å². The van der Waals surface area contributed by atoms with Crippen molar-refractivity contribution >= 4 is 5.91 Å². The molecular formula is C21H20F3NO2. The quantitative estimate of drug-likeness (QED) is 0.757. The van der Waals surface area contributed by atoms with Crippen LogP contribution in [0.25, 0.3) is 11.1 Å². The fourth-order valence-electron chi connectivity index (χ4n) is 3.77. The van der Waals surface area contributed by atoms with E-state index in [0.29, 0.717) is 24.2 Å². The van der Waals surface area contributed by atoms with Gasteiger partial charge in [0.2, 0.25) is 0 Å². The average molecular weight is 375 g/mol. The third-order valence-electron chi connectivity index (χ3n) is 5.58. The first-order chi connectivity index (χ1) is 12.9. The normalized spacial score (nSPS) is 19.0. The van der Waals surface area contributed by atoms with Crippen molar-refractivity contribution in [1.29, 1.82) is 0 Å². The van der Waals surface area contributed by atoms with E-state index in [1.54, 1.807) is 24.3 Å². The van der Waals surface area contributed by atoms with Crippen molar-refractivity contribution in [3.63, 3.8) is 0 Å². The highest BCUT2D eigenvalue weighted by Gasteiger charge is 2.42. The van der Waals surface area contributed by atoms with E-state index in [0.717, 1.165) is 43.6 Å². The molecule has 2 aliphatic rings. The van der Waals surface area contributed by atoms with E-state index in [-0.39, 0.29) is 11.5 Å². The Morgan fingerprint density at radius 3 is 2.19 bits per heavy atom. The summed E-state index contributed by atoms with van der Waals surface area (Å²) in [6, 6.07) is 12.1. The van der Waals surface area contributed by atoms with Crippen molar-refractivity contribution in [2.45, 2.75) is 31.0 Å². The van der Waals surface area contributed by atoms with Gasteiger partial charge in [-0.2, -0.15) is 13.2 Å². The molecule has 3 nitrogen and oxygen atoms in total. The number of alkyl halides is 3. The number of likely N-dealkylation sites (tertiary alicyclic amines) is 1. The minimum atomic E-state index is -4.36. The van der Waals surface area contributed by atoms with Crippen LogP contribution in [0.1, 0.15) is 35.2 Å². The molecule has 6 heteroatoms. The van der Waals surface area contributed by atoms with Gasteiger partial charge in [-0.15, -0.1) is 0 Å². The number of piperidine rings is 1. The van der Waals surface area contributed by atoms with Gasteiger partial charge < -0.3 is 9.64 Å². The number of carbonyl (C=O) groups is 1. The van der Waals surface area contributed by atoms with Gasteiger partial charge in [-0.1, -0.05) is 24.3 Å². The molecule has 0 N–H and O–H groups in total. The van der Waals surface area contributed by atoms with Crippen molar-refractivity contribution < 1.29 is 22.7 Å². The lowest BCUT2D eigenvalue weighted by atomic mass is 9.84. The third kappa shape index (κ3) is 3.58. The Balaban J connectivity index is 1.49. The molecule has 27 heavy (non-hydrogen) atoms. The van der Waals surface area contributed by atoms with Crippen molar-refractivity contribution in [1.82, 2.24) is 4.90 Å². The van der Waals surface area contributed by atoms with Crippen molar-refractivity contribution in [2.75, 3.05) is 19.7 Å². The Bertz CT molecular complexity index is 831. The maximum absolute atomic E-state index is 12.8. The van der Waals surface area contributed by atoms with Gasteiger partial charge in [-0.25, -0.2) is 0 Å². The lowest BCUT2D eigenvalue weighted by Crippen LogP contribution is -2.53. The fraction of sp³-hybridized carbons (Fsp3) is 0.381. The summed E-state index contributed by atoms with van der Waals surface area (Å²) in [7, 11) is 0. The molecule has 2 heterocycles. The van der Waals surface area contributed by atoms with Gasteiger partial charge >= 0.3 is 6.18 Å². The summed E-state index contributed by atoms with van der Waals surface area (Å²) < 4.78 is 43.9. The highest BCUT2D eigenvalue weighted by molar-refractivity contribution is 5.95. The zero-order valence-electron chi connectivity index (χ0n) is 14.8. The van der Waals surface area contributed by atoms with E-state index < -0.39 is 11.7 Å². The van der Waals surface area contributed by atoms with Crippen LogP contribution in [0.2, 0.25) is 0 Å². The lowest BCUT2D eigenvalue weighted by Gasteiger charge is -2.47. The number of ether oxygens (including phenoxy) is 1. The predicted octanol–water partition coefficient (Wildman–Crippen LogP) is 4.77. The second-order valence-corrected chi connectivity index (χ2v) is 7.23. The summed E-state index contributed by atoms with van der Waals surface area (Å²) >= 11 is 0. The second-order valence-electron chi connectivity index (χ2n) is 7.23. The Morgan fingerprint density at radius 2 is 1.63 bits per heavy atom.